The van der Waals surface area contributed by atoms with Crippen LogP contribution in [0.15, 0.2) is 0 Å². The summed E-state index contributed by atoms with van der Waals surface area (Å²) in [6, 6.07) is 1.06. The lowest BCUT2D eigenvalue weighted by Crippen LogP contribution is -2.56. The predicted octanol–water partition coefficient (Wildman–Crippen LogP) is 11.3. The Morgan fingerprint density at radius 1 is 0.514 bits per heavy atom. The Bertz CT molecular complexity index is 440. The maximum atomic E-state index is 6.78. The van der Waals surface area contributed by atoms with Crippen LogP contribution in [-0.4, -0.2) is 43.0 Å². The van der Waals surface area contributed by atoms with Gasteiger partial charge in [-0.1, -0.05) is 103 Å². The Morgan fingerprint density at radius 3 is 1.29 bits per heavy atom. The molecule has 0 aromatic rings. The first kappa shape index (κ1) is 52.4. The molecule has 0 amide bonds. The van der Waals surface area contributed by atoms with Crippen LogP contribution in [-0.2, 0) is 16.5 Å². The first-order valence-electron chi connectivity index (χ1n) is 11.8. The molecule has 0 N–H and O–H groups in total. The van der Waals surface area contributed by atoms with Gasteiger partial charge in [-0.15, -0.1) is 0 Å². The molecule has 0 saturated carbocycles. The highest BCUT2D eigenvalue weighted by Crippen LogP contribution is 2.27. The van der Waals surface area contributed by atoms with Gasteiger partial charge < -0.3 is 16.5 Å². The van der Waals surface area contributed by atoms with Gasteiger partial charge in [0, 0.05) is 0 Å². The molecule has 9 heteroatoms. The normalized spacial score (nSPS) is 13.8. The fraction of sp³-hybridized carbons (Fsp3) is 1.00. The summed E-state index contributed by atoms with van der Waals surface area (Å²) in [6.45, 7) is 24.6. The molecule has 35 heavy (non-hydrogen) atoms. The topological polar surface area (TPSA) is 36.9 Å². The fourth-order valence-electron chi connectivity index (χ4n) is 3.87. The van der Waals surface area contributed by atoms with Crippen LogP contribution in [0.1, 0.15) is 103 Å². The van der Waals surface area contributed by atoms with E-state index in [1.54, 1.807) is 0 Å². The molecule has 0 heterocycles. The van der Waals surface area contributed by atoms with E-state index in [4.69, 9.17) is 16.5 Å². The lowest BCUT2D eigenvalue weighted by molar-refractivity contribution is 0.304. The van der Waals surface area contributed by atoms with Crippen LogP contribution in [0, 0.1) is 0 Å². The predicted molar refractivity (Wildman–Crippen MR) is 181 cm³/mol. The van der Waals surface area contributed by atoms with Crippen molar-refractivity contribution in [3.63, 3.8) is 0 Å². The van der Waals surface area contributed by atoms with Crippen molar-refractivity contribution in [3.05, 3.63) is 0 Å². The minimum Gasteiger partial charge on any atom is -0.439 e. The fourth-order valence-corrected chi connectivity index (χ4v) is 24.3. The monoisotopic (exact) mass is 592 g/mol. The number of unbranched alkanes of at least 4 members (excludes halogenated alkanes) is 7. The molecule has 0 aromatic heterocycles. The summed E-state index contributed by atoms with van der Waals surface area (Å²) in [5.74, 6) is 0. The molecular weight excluding hydrogens is 517 g/mol. The van der Waals surface area contributed by atoms with Gasteiger partial charge in [0.05, 0.1) is 0 Å². The maximum absolute atomic E-state index is 6.78. The van der Waals surface area contributed by atoms with E-state index in [1.807, 2.05) is 0 Å². The van der Waals surface area contributed by atoms with Gasteiger partial charge in [-0.2, -0.15) is 0 Å². The van der Waals surface area contributed by atoms with Crippen molar-refractivity contribution in [3.8, 4) is 0 Å². The molecule has 0 radical (unpaired) electrons. The van der Waals surface area contributed by atoms with Crippen molar-refractivity contribution in [2.24, 2.45) is 0 Å². The molecule has 0 aliphatic carbocycles. The van der Waals surface area contributed by atoms with Crippen molar-refractivity contribution < 1.29 is 16.5 Å². The third-order valence-electron chi connectivity index (χ3n) is 4.43. The van der Waals surface area contributed by atoms with Crippen molar-refractivity contribution in [2.75, 3.05) is 0 Å². The molecule has 2 atom stereocenters. The molecule has 2 unspecified atom stereocenters. The molecule has 0 spiro atoms. The van der Waals surface area contributed by atoms with Gasteiger partial charge >= 0.3 is 17.1 Å². The Hall–Kier alpha value is 0.924. The zero-order valence-corrected chi connectivity index (χ0v) is 26.7. The highest BCUT2D eigenvalue weighted by molar-refractivity contribution is 6.88. The lowest BCUT2D eigenvalue weighted by atomic mass is 10.1. The van der Waals surface area contributed by atoms with Crippen LogP contribution >= 0.6 is 0 Å². The molecule has 224 valence electrons. The number of hydrogen-bond acceptors (Lipinski definition) is 4. The molecule has 0 rings (SSSR count). The van der Waals surface area contributed by atoms with Gasteiger partial charge in [-0.3, -0.25) is 0 Å². The van der Waals surface area contributed by atoms with Gasteiger partial charge in [-0.25, -0.2) is 0 Å². The van der Waals surface area contributed by atoms with E-state index in [9.17, 15) is 0 Å². The zero-order chi connectivity index (χ0) is 22.8. The van der Waals surface area contributed by atoms with Crippen LogP contribution in [0.2, 0.25) is 71.5 Å². The molecule has 0 saturated heterocycles. The van der Waals surface area contributed by atoms with E-state index in [0.29, 0.717) is 0 Å². The summed E-state index contributed by atoms with van der Waals surface area (Å²) in [4.78, 5) is 0. The molecule has 0 fully saturated rings. The largest absolute Gasteiger partial charge is 0.439 e. The van der Waals surface area contributed by atoms with Crippen molar-refractivity contribution in [1.82, 2.24) is 0 Å². The minimum absolute atomic E-state index is 0. The van der Waals surface area contributed by atoms with E-state index in [-0.39, 0.29) is 44.6 Å². The van der Waals surface area contributed by atoms with E-state index in [1.165, 1.54) is 51.4 Å². The van der Waals surface area contributed by atoms with Crippen molar-refractivity contribution >= 4 is 43.0 Å². The zero-order valence-electron chi connectivity index (χ0n) is 21.6. The van der Waals surface area contributed by atoms with Crippen LogP contribution in [0.3, 0.4) is 0 Å². The number of rotatable bonds is 17. The standard InChI is InChI=1S/C20H52O4Si5.6CH4/c1-12-13-14-15-16-17-18-19-20-29(11,22-25(2)21-26(3,4)5)24-28(9,10)23-27(6,7)8;;;;;;/h25H,12-20H2,1-11H3;6*1H4. The quantitative estimate of drug-likeness (QED) is 0.124. The summed E-state index contributed by atoms with van der Waals surface area (Å²) < 4.78 is 26.3. The van der Waals surface area contributed by atoms with Crippen LogP contribution in [0.5, 0.6) is 0 Å². The Morgan fingerprint density at radius 2 is 0.914 bits per heavy atom. The minimum atomic E-state index is -2.31. The van der Waals surface area contributed by atoms with Crippen LogP contribution in [0.4, 0.5) is 0 Å². The van der Waals surface area contributed by atoms with Crippen LogP contribution in [0.25, 0.3) is 0 Å². The molecule has 0 aliphatic heterocycles. The Balaban J connectivity index is -0.000000261. The molecule has 0 aliphatic rings. The summed E-state index contributed by atoms with van der Waals surface area (Å²) in [7, 11) is -9.45. The average molecular weight is 593 g/mol. The van der Waals surface area contributed by atoms with E-state index >= 15 is 0 Å². The summed E-state index contributed by atoms with van der Waals surface area (Å²) in [5, 5.41) is 0. The second-order valence-corrected chi connectivity index (χ2v) is 29.7. The average Bonchev–Trinajstić information content (AvgIpc) is 2.44. The maximum Gasteiger partial charge on any atom is 0.317 e. The summed E-state index contributed by atoms with van der Waals surface area (Å²) in [5.41, 5.74) is 0. The van der Waals surface area contributed by atoms with Gasteiger partial charge in [0.2, 0.25) is 0 Å². The van der Waals surface area contributed by atoms with Crippen LogP contribution < -0.4 is 0 Å². The summed E-state index contributed by atoms with van der Waals surface area (Å²) in [6.07, 6.45) is 10.6. The second-order valence-electron chi connectivity index (χ2n) is 11.0. The summed E-state index contributed by atoms with van der Waals surface area (Å²) >= 11 is 0. The lowest BCUT2D eigenvalue weighted by Gasteiger charge is -2.40. The molecule has 0 aromatic carbocycles. The van der Waals surface area contributed by atoms with Crippen molar-refractivity contribution in [2.45, 2.75) is 174 Å². The second kappa shape index (κ2) is 24.0. The SMILES string of the molecule is C.C.C.C.C.C.CCCCCCCCCC[Si](C)(O[SiH](C)O[Si](C)(C)C)O[Si](C)(C)O[Si](C)(C)C. The van der Waals surface area contributed by atoms with Gasteiger partial charge in [0.25, 0.3) is 9.28 Å². The van der Waals surface area contributed by atoms with Crippen molar-refractivity contribution in [1.29, 1.82) is 0 Å². The van der Waals surface area contributed by atoms with E-state index in [0.717, 1.165) is 6.04 Å². The molecule has 4 nitrogen and oxygen atoms in total. The first-order valence-corrected chi connectivity index (χ1v) is 26.1. The Labute approximate surface area is 233 Å². The third kappa shape index (κ3) is 32.9. The highest BCUT2D eigenvalue weighted by atomic mass is 28.5. The highest BCUT2D eigenvalue weighted by Gasteiger charge is 2.43. The van der Waals surface area contributed by atoms with Gasteiger partial charge in [0.15, 0.2) is 16.6 Å². The van der Waals surface area contributed by atoms with E-state index < -0.39 is 43.0 Å². The third-order valence-corrected chi connectivity index (χ3v) is 21.3. The molecular formula is C26H76O4Si5. The first-order chi connectivity index (χ1) is 13.1. The Kier molecular flexibility index (Phi) is 35.9. The molecule has 0 bridgehead atoms. The van der Waals surface area contributed by atoms with Gasteiger partial charge in [-0.05, 0) is 71.5 Å². The number of hydrogen-bond donors (Lipinski definition) is 0. The van der Waals surface area contributed by atoms with E-state index in [2.05, 4.69) is 72.4 Å². The smallest absolute Gasteiger partial charge is 0.317 e. The van der Waals surface area contributed by atoms with Gasteiger partial charge in [0.1, 0.15) is 0 Å².